The first-order valence-electron chi connectivity index (χ1n) is 3.93. The molecule has 0 fully saturated rings. The number of nitrogens with one attached hydrogen (secondary N) is 1. The van der Waals surface area contributed by atoms with Gasteiger partial charge in [0.2, 0.25) is 5.91 Å². The van der Waals surface area contributed by atoms with Crippen LogP contribution in [0.3, 0.4) is 0 Å². The van der Waals surface area contributed by atoms with E-state index in [2.05, 4.69) is 5.32 Å². The van der Waals surface area contributed by atoms with Gasteiger partial charge in [-0.15, -0.1) is 0 Å². The summed E-state index contributed by atoms with van der Waals surface area (Å²) in [7, 11) is 0. The maximum atomic E-state index is 10.5. The second-order valence-corrected chi connectivity index (χ2v) is 2.28. The summed E-state index contributed by atoms with van der Waals surface area (Å²) in [6, 6.07) is 9.37. The number of rotatable bonds is 1. The molecule has 0 aliphatic heterocycles. The Morgan fingerprint density at radius 1 is 1.31 bits per heavy atom. The average Bonchev–Trinajstić information content (AvgIpc) is 2.06. The summed E-state index contributed by atoms with van der Waals surface area (Å²) in [6.45, 7) is 2.94. The largest absolute Gasteiger partial charge is 0.326 e. The van der Waals surface area contributed by atoms with Gasteiger partial charge in [-0.1, -0.05) is 18.2 Å². The Hall–Kier alpha value is -1.64. The molecule has 0 unspecified atom stereocenters. The number of aldehydes is 1. The van der Waals surface area contributed by atoms with E-state index in [1.54, 1.807) is 0 Å². The van der Waals surface area contributed by atoms with E-state index in [-0.39, 0.29) is 5.91 Å². The number of para-hydroxylation sites is 1. The van der Waals surface area contributed by atoms with Gasteiger partial charge in [0, 0.05) is 12.6 Å². The van der Waals surface area contributed by atoms with Crippen molar-refractivity contribution >= 4 is 17.9 Å². The molecule has 0 saturated heterocycles. The van der Waals surface area contributed by atoms with Gasteiger partial charge in [0.25, 0.3) is 0 Å². The molecule has 0 atom stereocenters. The Labute approximate surface area is 77.8 Å². The first-order valence-corrected chi connectivity index (χ1v) is 3.93. The van der Waals surface area contributed by atoms with Gasteiger partial charge >= 0.3 is 0 Å². The number of hydrogen-bond acceptors (Lipinski definition) is 2. The molecule has 0 radical (unpaired) electrons. The summed E-state index contributed by atoms with van der Waals surface area (Å²) in [4.78, 5) is 19.3. The zero-order valence-electron chi connectivity index (χ0n) is 7.78. The quantitative estimate of drug-likeness (QED) is 0.669. The van der Waals surface area contributed by atoms with Crippen LogP contribution in [0.1, 0.15) is 13.8 Å². The van der Waals surface area contributed by atoms with Crippen LogP contribution >= 0.6 is 0 Å². The van der Waals surface area contributed by atoms with Crippen molar-refractivity contribution in [2.24, 2.45) is 0 Å². The summed E-state index contributed by atoms with van der Waals surface area (Å²) in [6.07, 6.45) is 0.750. The number of carbonyl (C=O) groups excluding carboxylic acids is 2. The van der Waals surface area contributed by atoms with E-state index in [0.29, 0.717) is 0 Å². The molecule has 0 spiro atoms. The Morgan fingerprint density at radius 2 is 1.77 bits per heavy atom. The highest BCUT2D eigenvalue weighted by Crippen LogP contribution is 2.03. The van der Waals surface area contributed by atoms with Crippen molar-refractivity contribution in [1.82, 2.24) is 0 Å². The number of hydrogen-bond donors (Lipinski definition) is 1. The van der Waals surface area contributed by atoms with Gasteiger partial charge in [-0.05, 0) is 19.1 Å². The molecule has 0 aliphatic carbocycles. The topological polar surface area (TPSA) is 46.2 Å². The van der Waals surface area contributed by atoms with Crippen molar-refractivity contribution in [3.63, 3.8) is 0 Å². The summed E-state index contributed by atoms with van der Waals surface area (Å²) >= 11 is 0. The minimum Gasteiger partial charge on any atom is -0.326 e. The van der Waals surface area contributed by atoms with Gasteiger partial charge in [-0.25, -0.2) is 0 Å². The van der Waals surface area contributed by atoms with Gasteiger partial charge in [-0.3, -0.25) is 4.79 Å². The van der Waals surface area contributed by atoms with Crippen molar-refractivity contribution in [3.8, 4) is 0 Å². The highest BCUT2D eigenvalue weighted by molar-refractivity contribution is 5.88. The fraction of sp³-hybridized carbons (Fsp3) is 0.200. The zero-order valence-corrected chi connectivity index (χ0v) is 7.78. The van der Waals surface area contributed by atoms with E-state index in [4.69, 9.17) is 4.79 Å². The zero-order chi connectivity index (χ0) is 10.1. The molecule has 0 saturated carbocycles. The van der Waals surface area contributed by atoms with Gasteiger partial charge in [0.15, 0.2) is 0 Å². The van der Waals surface area contributed by atoms with Gasteiger partial charge in [0.05, 0.1) is 0 Å². The lowest BCUT2D eigenvalue weighted by molar-refractivity contribution is -0.114. The molecule has 1 amide bonds. The maximum absolute atomic E-state index is 10.5. The lowest BCUT2D eigenvalue weighted by Gasteiger charge is -1.98. The van der Waals surface area contributed by atoms with E-state index in [1.165, 1.54) is 13.8 Å². The highest BCUT2D eigenvalue weighted by Gasteiger charge is 1.90. The Kier molecular flexibility index (Phi) is 6.15. The maximum Gasteiger partial charge on any atom is 0.221 e. The smallest absolute Gasteiger partial charge is 0.221 e. The molecule has 0 heterocycles. The molecule has 3 heteroatoms. The molecule has 1 aromatic carbocycles. The molecule has 1 aromatic rings. The summed E-state index contributed by atoms with van der Waals surface area (Å²) in [5.41, 5.74) is 0.843. The van der Waals surface area contributed by atoms with Crippen LogP contribution < -0.4 is 5.32 Å². The summed E-state index contributed by atoms with van der Waals surface area (Å²) < 4.78 is 0. The van der Waals surface area contributed by atoms with Crippen LogP contribution in [0, 0.1) is 0 Å². The first kappa shape index (κ1) is 11.4. The fourth-order valence-electron chi connectivity index (χ4n) is 0.725. The molecule has 0 aromatic heterocycles. The van der Waals surface area contributed by atoms with Crippen LogP contribution in [0.4, 0.5) is 5.69 Å². The molecule has 1 N–H and O–H groups in total. The van der Waals surface area contributed by atoms with Crippen molar-refractivity contribution in [2.75, 3.05) is 5.32 Å². The van der Waals surface area contributed by atoms with Crippen LogP contribution in [0.15, 0.2) is 30.3 Å². The first-order chi connectivity index (χ1) is 6.20. The number of benzene rings is 1. The molecule has 3 nitrogen and oxygen atoms in total. The second-order valence-electron chi connectivity index (χ2n) is 2.28. The van der Waals surface area contributed by atoms with Crippen LogP contribution in [0.25, 0.3) is 0 Å². The summed E-state index contributed by atoms with van der Waals surface area (Å²) in [5, 5.41) is 2.67. The third kappa shape index (κ3) is 6.75. The average molecular weight is 179 g/mol. The molecular formula is C10H13NO2. The number of amides is 1. The minimum absolute atomic E-state index is 0.0359. The van der Waals surface area contributed by atoms with Crippen molar-refractivity contribution < 1.29 is 9.59 Å². The van der Waals surface area contributed by atoms with Gasteiger partial charge in [-0.2, -0.15) is 0 Å². The molecule has 0 aliphatic rings. The van der Waals surface area contributed by atoms with Gasteiger partial charge < -0.3 is 10.1 Å². The fourth-order valence-corrected chi connectivity index (χ4v) is 0.725. The Morgan fingerprint density at radius 3 is 2.15 bits per heavy atom. The highest BCUT2D eigenvalue weighted by atomic mass is 16.1. The predicted octanol–water partition coefficient (Wildman–Crippen LogP) is 1.85. The third-order valence-electron chi connectivity index (χ3n) is 1.09. The number of anilines is 1. The molecule has 1 rings (SSSR count). The van der Waals surface area contributed by atoms with E-state index in [1.807, 2.05) is 30.3 Å². The molecular weight excluding hydrogens is 166 g/mol. The summed E-state index contributed by atoms with van der Waals surface area (Å²) in [5.74, 6) is -0.0359. The van der Waals surface area contributed by atoms with Crippen LogP contribution in [0.2, 0.25) is 0 Å². The lowest BCUT2D eigenvalue weighted by Crippen LogP contribution is -2.04. The van der Waals surface area contributed by atoms with E-state index >= 15 is 0 Å². The van der Waals surface area contributed by atoms with Gasteiger partial charge in [0.1, 0.15) is 6.29 Å². The van der Waals surface area contributed by atoms with E-state index in [0.717, 1.165) is 12.0 Å². The molecule has 70 valence electrons. The van der Waals surface area contributed by atoms with Crippen LogP contribution in [0.5, 0.6) is 0 Å². The SMILES string of the molecule is CC(=O)Nc1ccccc1.CC=O. The molecule has 0 bridgehead atoms. The lowest BCUT2D eigenvalue weighted by atomic mass is 10.3. The Bertz CT molecular complexity index is 257. The Balaban J connectivity index is 0.000000424. The predicted molar refractivity (Wildman–Crippen MR) is 52.5 cm³/mol. The standard InChI is InChI=1S/C8H9NO.C2H4O/c1-7(10)9-8-5-3-2-4-6-8;1-2-3/h2-6H,1H3,(H,9,10);2H,1H3. The van der Waals surface area contributed by atoms with E-state index < -0.39 is 0 Å². The minimum atomic E-state index is -0.0359. The van der Waals surface area contributed by atoms with Crippen molar-refractivity contribution in [2.45, 2.75) is 13.8 Å². The van der Waals surface area contributed by atoms with Crippen LogP contribution in [-0.2, 0) is 9.59 Å². The number of carbonyl (C=O) groups is 2. The van der Waals surface area contributed by atoms with Crippen molar-refractivity contribution in [1.29, 1.82) is 0 Å². The third-order valence-corrected chi connectivity index (χ3v) is 1.09. The van der Waals surface area contributed by atoms with Crippen molar-refractivity contribution in [3.05, 3.63) is 30.3 Å². The normalized spacial score (nSPS) is 7.85. The van der Waals surface area contributed by atoms with E-state index in [9.17, 15) is 4.79 Å². The van der Waals surface area contributed by atoms with Crippen LogP contribution in [-0.4, -0.2) is 12.2 Å². The second kappa shape index (κ2) is 7.03. The molecule has 13 heavy (non-hydrogen) atoms. The monoisotopic (exact) mass is 179 g/mol.